The van der Waals surface area contributed by atoms with Crippen molar-refractivity contribution >= 4 is 17.6 Å². The van der Waals surface area contributed by atoms with Gasteiger partial charge in [-0.15, -0.1) is 0 Å². The van der Waals surface area contributed by atoms with Gasteiger partial charge in [0.2, 0.25) is 5.91 Å². The van der Waals surface area contributed by atoms with Gasteiger partial charge < -0.3 is 20.3 Å². The van der Waals surface area contributed by atoms with Crippen molar-refractivity contribution in [1.82, 2.24) is 10.2 Å². The molecule has 2 N–H and O–H groups in total. The van der Waals surface area contributed by atoms with Gasteiger partial charge in [0.1, 0.15) is 6.04 Å². The maximum Gasteiger partial charge on any atom is 0.319 e. The maximum atomic E-state index is 12.4. The number of likely N-dealkylation sites (N-methyl/N-ethyl adjacent to an activating group) is 1. The van der Waals surface area contributed by atoms with Crippen molar-refractivity contribution in [2.24, 2.45) is 0 Å². The summed E-state index contributed by atoms with van der Waals surface area (Å²) in [6.45, 7) is 0.517. The number of carbonyl (C=O) groups excluding carboxylic acids is 2. The number of hydrogen-bond acceptors (Lipinski definition) is 3. The number of nitrogens with one attached hydrogen (secondary N) is 2. The van der Waals surface area contributed by atoms with Crippen LogP contribution in [0.4, 0.5) is 10.5 Å². The molecule has 2 aromatic carbocycles. The molecule has 0 saturated heterocycles. The second-order valence-electron chi connectivity index (χ2n) is 6.20. The van der Waals surface area contributed by atoms with Gasteiger partial charge in [-0.2, -0.15) is 0 Å². The van der Waals surface area contributed by atoms with Crippen LogP contribution in [0.3, 0.4) is 0 Å². The molecule has 0 heterocycles. The molecule has 2 rings (SSSR count). The Morgan fingerprint density at radius 3 is 2.23 bits per heavy atom. The van der Waals surface area contributed by atoms with Crippen LogP contribution in [0.15, 0.2) is 54.6 Å². The van der Waals surface area contributed by atoms with Crippen LogP contribution in [-0.2, 0) is 22.6 Å². The summed E-state index contributed by atoms with van der Waals surface area (Å²) in [5.41, 5.74) is 2.65. The number of amides is 3. The zero-order chi connectivity index (χ0) is 18.9. The number of rotatable bonds is 7. The normalized spacial score (nSPS) is 11.5. The molecular weight excluding hydrogens is 330 g/mol. The molecule has 1 atom stereocenters. The molecular formula is C20H25N3O3. The lowest BCUT2D eigenvalue weighted by atomic mass is 10.1. The topological polar surface area (TPSA) is 70.7 Å². The van der Waals surface area contributed by atoms with E-state index in [0.29, 0.717) is 18.7 Å². The summed E-state index contributed by atoms with van der Waals surface area (Å²) in [6.07, 6.45) is 0.429. The quantitative estimate of drug-likeness (QED) is 0.802. The van der Waals surface area contributed by atoms with Crippen LogP contribution in [0.2, 0.25) is 0 Å². The number of urea groups is 1. The molecule has 2 aromatic rings. The van der Waals surface area contributed by atoms with Gasteiger partial charge in [-0.05, 0) is 23.3 Å². The van der Waals surface area contributed by atoms with E-state index in [0.717, 1.165) is 11.1 Å². The fourth-order valence-corrected chi connectivity index (χ4v) is 2.54. The lowest BCUT2D eigenvalue weighted by Crippen LogP contribution is -2.48. The van der Waals surface area contributed by atoms with E-state index in [9.17, 15) is 9.59 Å². The molecule has 138 valence electrons. The van der Waals surface area contributed by atoms with E-state index in [2.05, 4.69) is 10.6 Å². The van der Waals surface area contributed by atoms with Crippen molar-refractivity contribution in [3.63, 3.8) is 0 Å². The van der Waals surface area contributed by atoms with Crippen LogP contribution in [0.1, 0.15) is 11.1 Å². The lowest BCUT2D eigenvalue weighted by Gasteiger charge is -2.22. The van der Waals surface area contributed by atoms with E-state index in [1.165, 1.54) is 4.90 Å². The van der Waals surface area contributed by atoms with Crippen LogP contribution < -0.4 is 10.6 Å². The van der Waals surface area contributed by atoms with E-state index in [-0.39, 0.29) is 5.91 Å². The highest BCUT2D eigenvalue weighted by Crippen LogP contribution is 2.11. The Bertz CT molecular complexity index is 715. The zero-order valence-corrected chi connectivity index (χ0v) is 15.4. The van der Waals surface area contributed by atoms with E-state index in [4.69, 9.17) is 4.74 Å². The maximum absolute atomic E-state index is 12.4. The number of anilines is 1. The van der Waals surface area contributed by atoms with Gasteiger partial charge in [-0.1, -0.05) is 42.5 Å². The van der Waals surface area contributed by atoms with Gasteiger partial charge in [0.15, 0.2) is 0 Å². The first kappa shape index (κ1) is 19.5. The number of methoxy groups -OCH3 is 1. The van der Waals surface area contributed by atoms with Crippen LogP contribution in [0, 0.1) is 0 Å². The van der Waals surface area contributed by atoms with E-state index in [1.807, 2.05) is 42.5 Å². The van der Waals surface area contributed by atoms with Crippen LogP contribution in [0.25, 0.3) is 0 Å². The van der Waals surface area contributed by atoms with Crippen molar-refractivity contribution in [2.75, 3.05) is 26.5 Å². The minimum Gasteiger partial charge on any atom is -0.380 e. The molecule has 0 radical (unpaired) electrons. The molecule has 26 heavy (non-hydrogen) atoms. The van der Waals surface area contributed by atoms with Crippen molar-refractivity contribution in [3.05, 3.63) is 65.7 Å². The highest BCUT2D eigenvalue weighted by molar-refractivity contribution is 5.93. The largest absolute Gasteiger partial charge is 0.380 e. The summed E-state index contributed by atoms with van der Waals surface area (Å²) in [7, 11) is 4.98. The van der Waals surface area contributed by atoms with Gasteiger partial charge in [-0.3, -0.25) is 4.79 Å². The lowest BCUT2D eigenvalue weighted by molar-refractivity contribution is -0.130. The third-order valence-electron chi connectivity index (χ3n) is 3.85. The Kier molecular flexibility index (Phi) is 7.17. The first-order chi connectivity index (χ1) is 12.5. The number of hydrogen-bond donors (Lipinski definition) is 2. The van der Waals surface area contributed by atoms with E-state index >= 15 is 0 Å². The molecule has 6 nitrogen and oxygen atoms in total. The third kappa shape index (κ3) is 5.89. The summed E-state index contributed by atoms with van der Waals surface area (Å²) in [4.78, 5) is 26.2. The first-order valence-electron chi connectivity index (χ1n) is 8.40. The highest BCUT2D eigenvalue weighted by atomic mass is 16.5. The van der Waals surface area contributed by atoms with Gasteiger partial charge in [0, 0.05) is 33.3 Å². The molecule has 0 aliphatic rings. The van der Waals surface area contributed by atoms with Gasteiger partial charge >= 0.3 is 6.03 Å². The zero-order valence-electron chi connectivity index (χ0n) is 15.4. The average Bonchev–Trinajstić information content (AvgIpc) is 2.63. The Morgan fingerprint density at radius 2 is 1.65 bits per heavy atom. The molecule has 6 heteroatoms. The highest BCUT2D eigenvalue weighted by Gasteiger charge is 2.22. The predicted octanol–water partition coefficient (Wildman–Crippen LogP) is 2.65. The monoisotopic (exact) mass is 355 g/mol. The Balaban J connectivity index is 2.01. The predicted molar refractivity (Wildman–Crippen MR) is 102 cm³/mol. The van der Waals surface area contributed by atoms with E-state index in [1.54, 1.807) is 33.3 Å². The number of ether oxygens (including phenoxy) is 1. The molecule has 0 aliphatic heterocycles. The summed E-state index contributed by atoms with van der Waals surface area (Å²) in [5, 5.41) is 5.53. The number of nitrogens with zero attached hydrogens (tertiary/aromatic N) is 1. The Hall–Kier alpha value is -2.86. The smallest absolute Gasteiger partial charge is 0.319 e. The first-order valence-corrected chi connectivity index (χ1v) is 8.40. The van der Waals surface area contributed by atoms with Crippen molar-refractivity contribution in [1.29, 1.82) is 0 Å². The van der Waals surface area contributed by atoms with Crippen molar-refractivity contribution in [2.45, 2.75) is 19.1 Å². The van der Waals surface area contributed by atoms with Crippen LogP contribution in [-0.4, -0.2) is 44.1 Å². The molecule has 0 spiro atoms. The standard InChI is InChI=1S/C20H25N3O3/c1-23(2)19(24)18(13-15-7-5-4-6-8-15)22-20(25)21-17-11-9-16(10-12-17)14-26-3/h4-12,18H,13-14H2,1-3H3,(H2,21,22,25)/t18-/m1/s1. The third-order valence-corrected chi connectivity index (χ3v) is 3.85. The fraction of sp³-hybridized carbons (Fsp3) is 0.300. The summed E-state index contributed by atoms with van der Waals surface area (Å²) in [5.74, 6) is -0.153. The average molecular weight is 355 g/mol. The molecule has 0 bridgehead atoms. The Morgan fingerprint density at radius 1 is 1.00 bits per heavy atom. The summed E-state index contributed by atoms with van der Waals surface area (Å²) in [6, 6.07) is 15.9. The van der Waals surface area contributed by atoms with Crippen LogP contribution >= 0.6 is 0 Å². The summed E-state index contributed by atoms with van der Waals surface area (Å²) < 4.78 is 5.06. The fourth-order valence-electron chi connectivity index (χ4n) is 2.54. The van der Waals surface area contributed by atoms with Gasteiger partial charge in [-0.25, -0.2) is 4.79 Å². The summed E-state index contributed by atoms with van der Waals surface area (Å²) >= 11 is 0. The van der Waals surface area contributed by atoms with E-state index < -0.39 is 12.1 Å². The van der Waals surface area contributed by atoms with Crippen molar-refractivity contribution in [3.8, 4) is 0 Å². The number of carbonyl (C=O) groups is 2. The molecule has 0 aromatic heterocycles. The molecule has 0 fully saturated rings. The minimum absolute atomic E-state index is 0.153. The molecule has 0 unspecified atom stereocenters. The Labute approximate surface area is 154 Å². The van der Waals surface area contributed by atoms with Crippen molar-refractivity contribution < 1.29 is 14.3 Å². The molecule has 0 saturated carbocycles. The van der Waals surface area contributed by atoms with Crippen LogP contribution in [0.5, 0.6) is 0 Å². The van der Waals surface area contributed by atoms with Gasteiger partial charge in [0.25, 0.3) is 0 Å². The SMILES string of the molecule is COCc1ccc(NC(=O)N[C@H](Cc2ccccc2)C(=O)N(C)C)cc1. The number of benzene rings is 2. The second kappa shape index (κ2) is 9.58. The second-order valence-corrected chi connectivity index (χ2v) is 6.20. The molecule has 0 aliphatic carbocycles. The van der Waals surface area contributed by atoms with Gasteiger partial charge in [0.05, 0.1) is 6.61 Å². The molecule has 3 amide bonds. The minimum atomic E-state index is -0.639.